The molecule has 1 saturated heterocycles. The van der Waals surface area contributed by atoms with Crippen molar-refractivity contribution in [1.29, 1.82) is 0 Å². The number of carbonyl (C=O) groups excluding carboxylic acids is 1. The zero-order valence-corrected chi connectivity index (χ0v) is 23.7. The lowest BCUT2D eigenvalue weighted by atomic mass is 10.0. The van der Waals surface area contributed by atoms with Crippen LogP contribution in [0.15, 0.2) is 58.2 Å². The van der Waals surface area contributed by atoms with E-state index in [-0.39, 0.29) is 11.9 Å². The van der Waals surface area contributed by atoms with Crippen LogP contribution in [0.2, 0.25) is 0 Å². The minimum Gasteiger partial charge on any atom is -0.497 e. The highest BCUT2D eigenvalue weighted by Crippen LogP contribution is 2.37. The summed E-state index contributed by atoms with van der Waals surface area (Å²) in [5.74, 6) is 0.444. The maximum atomic E-state index is 14.2. The molecule has 3 aromatic rings. The Morgan fingerprint density at radius 1 is 1.08 bits per heavy atom. The molecule has 9 heteroatoms. The Labute approximate surface area is 231 Å². The van der Waals surface area contributed by atoms with Gasteiger partial charge in [-0.2, -0.15) is 4.31 Å². The zero-order valence-electron chi connectivity index (χ0n) is 22.9. The van der Waals surface area contributed by atoms with Crippen LogP contribution in [-0.4, -0.2) is 49.8 Å². The summed E-state index contributed by atoms with van der Waals surface area (Å²) in [6.45, 7) is 7.19. The summed E-state index contributed by atoms with van der Waals surface area (Å²) in [7, 11) is -2.16. The summed E-state index contributed by atoms with van der Waals surface area (Å²) in [5.41, 5.74) is 4.88. The Bertz CT molecular complexity index is 1400. The van der Waals surface area contributed by atoms with Gasteiger partial charge in [0.1, 0.15) is 12.0 Å². The fourth-order valence-electron chi connectivity index (χ4n) is 5.44. The first-order chi connectivity index (χ1) is 18.8. The summed E-state index contributed by atoms with van der Waals surface area (Å²) in [4.78, 5) is 15.2. The van der Waals surface area contributed by atoms with Gasteiger partial charge in [-0.15, -0.1) is 0 Å². The first-order valence-electron chi connectivity index (χ1n) is 13.6. The minimum absolute atomic E-state index is 0.0139. The number of ether oxygens (including phenoxy) is 1. The van der Waals surface area contributed by atoms with Crippen LogP contribution in [0.4, 0.5) is 0 Å². The summed E-state index contributed by atoms with van der Waals surface area (Å²) < 4.78 is 40.4. The molecule has 1 amide bonds. The number of hydrogen-bond donors (Lipinski definition) is 1. The lowest BCUT2D eigenvalue weighted by Crippen LogP contribution is -2.34. The van der Waals surface area contributed by atoms with E-state index in [0.717, 1.165) is 49.2 Å². The van der Waals surface area contributed by atoms with Crippen molar-refractivity contribution in [2.75, 3.05) is 20.2 Å². The van der Waals surface area contributed by atoms with E-state index < -0.39 is 10.0 Å². The molecular weight excluding hydrogens is 514 g/mol. The number of nitrogens with zero attached hydrogens (tertiary/aromatic N) is 2. The van der Waals surface area contributed by atoms with Crippen LogP contribution in [0, 0.1) is 13.8 Å². The topological polar surface area (TPSA) is 92.1 Å². The average molecular weight is 552 g/mol. The van der Waals surface area contributed by atoms with Gasteiger partial charge in [0.25, 0.3) is 5.91 Å². The van der Waals surface area contributed by atoms with Crippen LogP contribution in [0.5, 0.6) is 5.75 Å². The lowest BCUT2D eigenvalue weighted by molar-refractivity contribution is 0.0950. The van der Waals surface area contributed by atoms with Gasteiger partial charge in [0, 0.05) is 25.7 Å². The van der Waals surface area contributed by atoms with Gasteiger partial charge in [-0.1, -0.05) is 18.2 Å². The number of hydrogen-bond acceptors (Lipinski definition) is 6. The van der Waals surface area contributed by atoms with Crippen LogP contribution in [0.1, 0.15) is 63.9 Å². The van der Waals surface area contributed by atoms with E-state index in [1.165, 1.54) is 25.4 Å². The van der Waals surface area contributed by atoms with Crippen LogP contribution < -0.4 is 10.1 Å². The Morgan fingerprint density at radius 2 is 1.79 bits per heavy atom. The fourth-order valence-corrected chi connectivity index (χ4v) is 7.52. The van der Waals surface area contributed by atoms with Crippen molar-refractivity contribution in [3.8, 4) is 5.75 Å². The van der Waals surface area contributed by atoms with E-state index in [1.54, 1.807) is 29.6 Å². The molecule has 2 fully saturated rings. The third-order valence-electron chi connectivity index (χ3n) is 7.62. The van der Waals surface area contributed by atoms with Crippen LogP contribution in [0.25, 0.3) is 0 Å². The molecule has 0 atom stereocenters. The molecule has 0 unspecified atom stereocenters. The molecule has 1 saturated carbocycles. The van der Waals surface area contributed by atoms with Gasteiger partial charge in [0.15, 0.2) is 0 Å². The molecule has 1 aromatic heterocycles. The van der Waals surface area contributed by atoms with Gasteiger partial charge in [0.2, 0.25) is 10.0 Å². The first kappa shape index (κ1) is 27.4. The Kier molecular flexibility index (Phi) is 8.11. The van der Waals surface area contributed by atoms with Crippen molar-refractivity contribution in [2.45, 2.75) is 70.1 Å². The number of rotatable bonds is 11. The quantitative estimate of drug-likeness (QED) is 0.369. The smallest absolute Gasteiger partial charge is 0.254 e. The number of furan rings is 1. The van der Waals surface area contributed by atoms with E-state index in [2.05, 4.69) is 22.3 Å². The molecule has 1 N–H and O–H groups in total. The molecule has 2 aliphatic rings. The maximum absolute atomic E-state index is 14.2. The number of methoxy groups -OCH3 is 1. The molecule has 39 heavy (non-hydrogen) atoms. The van der Waals surface area contributed by atoms with Crippen molar-refractivity contribution in [3.63, 3.8) is 0 Å². The Balaban J connectivity index is 1.45. The number of aryl methyl sites for hydroxylation is 2. The van der Waals surface area contributed by atoms with Crippen LogP contribution in [-0.2, 0) is 29.7 Å². The normalized spacial score (nSPS) is 16.1. The van der Waals surface area contributed by atoms with E-state index >= 15 is 0 Å². The molecule has 1 aliphatic heterocycles. The lowest BCUT2D eigenvalue weighted by Gasteiger charge is -2.26. The average Bonchev–Trinajstić information content (AvgIpc) is 3.34. The zero-order chi connectivity index (χ0) is 27.6. The number of likely N-dealkylation sites (tertiary alicyclic amines) is 1. The van der Waals surface area contributed by atoms with E-state index in [9.17, 15) is 13.2 Å². The Morgan fingerprint density at radius 3 is 2.41 bits per heavy atom. The number of carbonyl (C=O) groups is 1. The molecule has 0 radical (unpaired) electrons. The van der Waals surface area contributed by atoms with Crippen molar-refractivity contribution < 1.29 is 22.4 Å². The molecular formula is C30H37N3O5S. The largest absolute Gasteiger partial charge is 0.497 e. The van der Waals surface area contributed by atoms with E-state index in [4.69, 9.17) is 9.15 Å². The predicted octanol–water partition coefficient (Wildman–Crippen LogP) is 4.78. The van der Waals surface area contributed by atoms with E-state index in [0.29, 0.717) is 40.4 Å². The molecule has 1 aliphatic carbocycles. The van der Waals surface area contributed by atoms with Gasteiger partial charge in [0.05, 0.1) is 23.8 Å². The number of sulfonamides is 1. The van der Waals surface area contributed by atoms with Gasteiger partial charge >= 0.3 is 0 Å². The highest BCUT2D eigenvalue weighted by Gasteiger charge is 2.40. The van der Waals surface area contributed by atoms with Crippen molar-refractivity contribution >= 4 is 15.9 Å². The number of nitrogens with one attached hydrogen (secondary N) is 1. The van der Waals surface area contributed by atoms with Crippen molar-refractivity contribution in [3.05, 3.63) is 82.3 Å². The van der Waals surface area contributed by atoms with Crippen molar-refractivity contribution in [1.82, 2.24) is 14.5 Å². The molecule has 2 aromatic carbocycles. The fraction of sp³-hybridized carbons (Fsp3) is 0.433. The molecule has 5 rings (SSSR count). The predicted molar refractivity (Wildman–Crippen MR) is 149 cm³/mol. The second-order valence-electron chi connectivity index (χ2n) is 10.7. The summed E-state index contributed by atoms with van der Waals surface area (Å²) in [5, 5.41) is 2.94. The maximum Gasteiger partial charge on any atom is 0.254 e. The van der Waals surface area contributed by atoms with Gasteiger partial charge in [-0.3, -0.25) is 9.69 Å². The third kappa shape index (κ3) is 6.21. The molecule has 8 nitrogen and oxygen atoms in total. The number of amides is 1. The molecule has 0 spiro atoms. The Hall–Kier alpha value is -3.14. The monoisotopic (exact) mass is 551 g/mol. The highest BCUT2D eigenvalue weighted by molar-refractivity contribution is 7.89. The van der Waals surface area contributed by atoms with E-state index in [1.807, 2.05) is 19.9 Å². The standard InChI is InChI=1S/C30H37N3O5S/c1-21-14-28(37-3)15-22(2)29(21)39(35,36)33(27-8-9-27)19-26-16-23(17-31-30(34)25-10-13-38-20-25)6-7-24(26)18-32-11-4-5-12-32/h6-7,10,13-16,20,27H,4-5,8-9,11-12,17-19H2,1-3H3,(H,31,34). The van der Waals surface area contributed by atoms with Crippen LogP contribution >= 0.6 is 0 Å². The van der Waals surface area contributed by atoms with Crippen molar-refractivity contribution in [2.24, 2.45) is 0 Å². The summed E-state index contributed by atoms with van der Waals surface area (Å²) in [6.07, 6.45) is 6.98. The summed E-state index contributed by atoms with van der Waals surface area (Å²) >= 11 is 0. The number of benzene rings is 2. The molecule has 2 heterocycles. The molecule has 208 valence electrons. The second-order valence-corrected chi connectivity index (χ2v) is 12.5. The van der Waals surface area contributed by atoms with Crippen LogP contribution in [0.3, 0.4) is 0 Å². The first-order valence-corrected chi connectivity index (χ1v) is 15.0. The van der Waals surface area contributed by atoms with Gasteiger partial charge in [-0.05, 0) is 98.6 Å². The SMILES string of the molecule is COc1cc(C)c(S(=O)(=O)N(Cc2cc(CNC(=O)c3ccoc3)ccc2CN2CCCC2)C2CC2)c(C)c1. The van der Waals surface area contributed by atoms with Gasteiger partial charge in [-0.25, -0.2) is 8.42 Å². The second kappa shape index (κ2) is 11.5. The molecule has 0 bridgehead atoms. The minimum atomic E-state index is -3.75. The summed E-state index contributed by atoms with van der Waals surface area (Å²) in [6, 6.07) is 11.4. The highest BCUT2D eigenvalue weighted by atomic mass is 32.2. The third-order valence-corrected chi connectivity index (χ3v) is 9.82. The van der Waals surface area contributed by atoms with Gasteiger partial charge < -0.3 is 14.5 Å².